The molecule has 1 aromatic rings. The fourth-order valence-electron chi connectivity index (χ4n) is 2.82. The summed E-state index contributed by atoms with van der Waals surface area (Å²) in [5.41, 5.74) is 2.82. The quantitative estimate of drug-likeness (QED) is 0.796. The van der Waals surface area contributed by atoms with Crippen molar-refractivity contribution in [3.8, 4) is 0 Å². The highest BCUT2D eigenvalue weighted by Crippen LogP contribution is 2.27. The topological polar surface area (TPSA) is 40.6 Å². The van der Waals surface area contributed by atoms with Crippen LogP contribution in [-0.2, 0) is 10.2 Å². The monoisotopic (exact) mass is 330 g/mol. The maximum Gasteiger partial charge on any atom is 0.303 e. The minimum absolute atomic E-state index is 0.253. The van der Waals surface area contributed by atoms with E-state index in [0.29, 0.717) is 19.0 Å². The van der Waals surface area contributed by atoms with Gasteiger partial charge in [-0.1, -0.05) is 17.7 Å². The lowest BCUT2D eigenvalue weighted by Gasteiger charge is -2.34. The van der Waals surface area contributed by atoms with Crippen molar-refractivity contribution in [1.82, 2.24) is 4.31 Å². The van der Waals surface area contributed by atoms with Gasteiger partial charge in [0.2, 0.25) is 0 Å². The normalized spacial score (nSPS) is 20.5. The van der Waals surface area contributed by atoms with Crippen molar-refractivity contribution in [3.05, 3.63) is 29.3 Å². The van der Waals surface area contributed by atoms with E-state index in [1.54, 1.807) is 11.4 Å². The second-order valence-electron chi connectivity index (χ2n) is 5.79. The minimum Gasteiger partial charge on any atom is -0.260 e. The number of alkyl halides is 1. The second-order valence-corrected chi connectivity index (χ2v) is 8.05. The van der Waals surface area contributed by atoms with Crippen LogP contribution in [0.2, 0.25) is 0 Å². The van der Waals surface area contributed by atoms with Gasteiger partial charge in [0.15, 0.2) is 0 Å². The van der Waals surface area contributed by atoms with Crippen molar-refractivity contribution in [2.24, 2.45) is 5.92 Å². The molecular weight excluding hydrogens is 308 g/mol. The lowest BCUT2D eigenvalue weighted by Crippen LogP contribution is -2.47. The van der Waals surface area contributed by atoms with Crippen molar-refractivity contribution in [2.45, 2.75) is 26.7 Å². The van der Waals surface area contributed by atoms with Gasteiger partial charge in [-0.05, 0) is 44.2 Å². The first-order valence-electron chi connectivity index (χ1n) is 7.23. The van der Waals surface area contributed by atoms with Crippen LogP contribution < -0.4 is 4.31 Å². The molecule has 4 nitrogen and oxygen atoms in total. The summed E-state index contributed by atoms with van der Waals surface area (Å²) in [6, 6.07) is 5.80. The number of benzene rings is 1. The van der Waals surface area contributed by atoms with Crippen LogP contribution in [-0.4, -0.2) is 38.7 Å². The molecule has 1 aliphatic heterocycles. The van der Waals surface area contributed by atoms with Crippen LogP contribution in [0.5, 0.6) is 0 Å². The number of rotatable bonds is 4. The second kappa shape index (κ2) is 6.55. The van der Waals surface area contributed by atoms with Gasteiger partial charge in [-0.2, -0.15) is 12.7 Å². The molecule has 1 atom stereocenters. The Labute approximate surface area is 132 Å². The van der Waals surface area contributed by atoms with E-state index < -0.39 is 10.2 Å². The summed E-state index contributed by atoms with van der Waals surface area (Å²) in [6.45, 7) is 5.03. The first kappa shape index (κ1) is 16.6. The van der Waals surface area contributed by atoms with Crippen molar-refractivity contribution < 1.29 is 8.42 Å². The average Bonchev–Trinajstić information content (AvgIpc) is 2.46. The van der Waals surface area contributed by atoms with E-state index in [1.165, 1.54) is 4.31 Å². The maximum atomic E-state index is 12.8. The number of hydrogen-bond donors (Lipinski definition) is 0. The third kappa shape index (κ3) is 3.52. The lowest BCUT2D eigenvalue weighted by molar-refractivity contribution is 0.283. The zero-order chi connectivity index (χ0) is 15.6. The third-order valence-corrected chi connectivity index (χ3v) is 6.37. The molecule has 1 unspecified atom stereocenters. The predicted octanol–water partition coefficient (Wildman–Crippen LogP) is 2.94. The minimum atomic E-state index is -3.49. The van der Waals surface area contributed by atoms with Crippen LogP contribution in [0.1, 0.15) is 24.0 Å². The Kier molecular flexibility index (Phi) is 5.17. The number of piperidine rings is 1. The Morgan fingerprint density at radius 2 is 2.10 bits per heavy atom. The van der Waals surface area contributed by atoms with Gasteiger partial charge in [0.1, 0.15) is 0 Å². The van der Waals surface area contributed by atoms with Gasteiger partial charge in [-0.3, -0.25) is 4.31 Å². The summed E-state index contributed by atoms with van der Waals surface area (Å²) in [4.78, 5) is 0. The van der Waals surface area contributed by atoms with E-state index >= 15 is 0 Å². The lowest BCUT2D eigenvalue weighted by atomic mass is 10.0. The zero-order valence-corrected chi connectivity index (χ0v) is 14.4. The van der Waals surface area contributed by atoms with E-state index in [9.17, 15) is 8.42 Å². The molecule has 0 amide bonds. The van der Waals surface area contributed by atoms with Crippen LogP contribution in [0, 0.1) is 19.8 Å². The molecule has 1 heterocycles. The van der Waals surface area contributed by atoms with Crippen LogP contribution >= 0.6 is 11.6 Å². The maximum absolute atomic E-state index is 12.8. The van der Waals surface area contributed by atoms with Gasteiger partial charge in [0, 0.05) is 26.0 Å². The Morgan fingerprint density at radius 1 is 1.38 bits per heavy atom. The van der Waals surface area contributed by atoms with Crippen LogP contribution in [0.3, 0.4) is 0 Å². The van der Waals surface area contributed by atoms with Gasteiger partial charge in [0.25, 0.3) is 0 Å². The van der Waals surface area contributed by atoms with Gasteiger partial charge < -0.3 is 0 Å². The van der Waals surface area contributed by atoms with Crippen LogP contribution in [0.4, 0.5) is 5.69 Å². The van der Waals surface area contributed by atoms with E-state index in [4.69, 9.17) is 11.6 Å². The highest BCUT2D eigenvalue weighted by atomic mass is 35.5. The molecule has 1 aromatic carbocycles. The van der Waals surface area contributed by atoms with Crippen molar-refractivity contribution >= 4 is 27.5 Å². The summed E-state index contributed by atoms with van der Waals surface area (Å²) in [7, 11) is -1.86. The third-order valence-electron chi connectivity index (χ3n) is 4.06. The SMILES string of the molecule is Cc1ccc(N(C)S(=O)(=O)N2CCCC(CCl)C2)c(C)c1. The molecule has 0 aliphatic carbocycles. The molecule has 1 fully saturated rings. The molecule has 0 spiro atoms. The summed E-state index contributed by atoms with van der Waals surface area (Å²) >= 11 is 5.90. The molecule has 1 saturated heterocycles. The van der Waals surface area contributed by atoms with Gasteiger partial charge >= 0.3 is 10.2 Å². The van der Waals surface area contributed by atoms with Crippen molar-refractivity contribution in [3.63, 3.8) is 0 Å². The molecule has 0 radical (unpaired) electrons. The highest BCUT2D eigenvalue weighted by molar-refractivity contribution is 7.90. The van der Waals surface area contributed by atoms with E-state index in [0.717, 1.165) is 29.7 Å². The Balaban J connectivity index is 2.25. The number of hydrogen-bond acceptors (Lipinski definition) is 2. The van der Waals surface area contributed by atoms with Crippen molar-refractivity contribution in [2.75, 3.05) is 30.3 Å². The van der Waals surface area contributed by atoms with Gasteiger partial charge in [0.05, 0.1) is 5.69 Å². The average molecular weight is 331 g/mol. The number of aryl methyl sites for hydroxylation is 2. The summed E-state index contributed by atoms with van der Waals surface area (Å²) in [5.74, 6) is 0.766. The van der Waals surface area contributed by atoms with Gasteiger partial charge in [-0.15, -0.1) is 11.6 Å². The molecule has 0 N–H and O–H groups in total. The molecule has 118 valence electrons. The first-order valence-corrected chi connectivity index (χ1v) is 9.16. The summed E-state index contributed by atoms with van der Waals surface area (Å²) in [5, 5.41) is 0. The molecule has 21 heavy (non-hydrogen) atoms. The van der Waals surface area contributed by atoms with Crippen molar-refractivity contribution in [1.29, 1.82) is 0 Å². The van der Waals surface area contributed by atoms with E-state index in [-0.39, 0.29) is 5.92 Å². The molecular formula is C15H23ClN2O2S. The fourth-order valence-corrected chi connectivity index (χ4v) is 4.63. The Morgan fingerprint density at radius 3 is 2.71 bits per heavy atom. The molecule has 2 rings (SSSR count). The molecule has 6 heteroatoms. The number of nitrogens with zero attached hydrogens (tertiary/aromatic N) is 2. The highest BCUT2D eigenvalue weighted by Gasteiger charge is 2.32. The van der Waals surface area contributed by atoms with Gasteiger partial charge in [-0.25, -0.2) is 0 Å². The largest absolute Gasteiger partial charge is 0.303 e. The number of anilines is 1. The predicted molar refractivity (Wildman–Crippen MR) is 88.3 cm³/mol. The van der Waals surface area contributed by atoms with E-state index in [1.807, 2.05) is 32.0 Å². The van der Waals surface area contributed by atoms with Crippen LogP contribution in [0.25, 0.3) is 0 Å². The molecule has 0 aromatic heterocycles. The Hall–Kier alpha value is -0.780. The molecule has 0 saturated carbocycles. The fraction of sp³-hybridized carbons (Fsp3) is 0.600. The first-order chi connectivity index (χ1) is 9.86. The standard InChI is InChI=1S/C15H23ClN2O2S/c1-12-6-7-15(13(2)9-12)17(3)21(19,20)18-8-4-5-14(10-16)11-18/h6-7,9,14H,4-5,8,10-11H2,1-3H3. The summed E-state index contributed by atoms with van der Waals surface area (Å²) in [6.07, 6.45) is 1.88. The Bertz CT molecular complexity index is 604. The smallest absolute Gasteiger partial charge is 0.260 e. The summed E-state index contributed by atoms with van der Waals surface area (Å²) < 4.78 is 28.5. The van der Waals surface area contributed by atoms with E-state index in [2.05, 4.69) is 0 Å². The molecule has 1 aliphatic rings. The number of halogens is 1. The molecule has 0 bridgehead atoms. The zero-order valence-electron chi connectivity index (χ0n) is 12.8. The van der Waals surface area contributed by atoms with Crippen LogP contribution in [0.15, 0.2) is 18.2 Å².